The first-order chi connectivity index (χ1) is 25.9. The lowest BCUT2D eigenvalue weighted by molar-refractivity contribution is -0.138. The fraction of sp³-hybridized carbons (Fsp3) is 0.643. The number of carbonyl (C=O) groups excluding carboxylic acids is 3. The van der Waals surface area contributed by atoms with Crippen molar-refractivity contribution in [1.29, 1.82) is 0 Å². The van der Waals surface area contributed by atoms with Crippen molar-refractivity contribution in [2.75, 3.05) is 34.3 Å². The van der Waals surface area contributed by atoms with Crippen LogP contribution in [-0.4, -0.2) is 98.9 Å². The van der Waals surface area contributed by atoms with Crippen molar-refractivity contribution in [3.05, 3.63) is 59.6 Å². The average molecular weight is 741 g/mol. The average Bonchev–Trinajstić information content (AvgIpc) is 4.00. The largest absolute Gasteiger partial charge is 0.453 e. The molecule has 8 rings (SSSR count). The molecule has 4 heterocycles. The van der Waals surface area contributed by atoms with E-state index in [-0.39, 0.29) is 52.6 Å². The van der Waals surface area contributed by atoms with E-state index in [1.807, 2.05) is 39.0 Å². The lowest BCUT2D eigenvalue weighted by Gasteiger charge is -2.53. The zero-order valence-electron chi connectivity index (χ0n) is 33.3. The Hall–Kier alpha value is -4.19. The summed E-state index contributed by atoms with van der Waals surface area (Å²) in [4.78, 5) is 62.2. The maximum Gasteiger partial charge on any atom is 0.407 e. The topological polar surface area (TPSA) is 140 Å². The van der Waals surface area contributed by atoms with E-state index in [1.54, 1.807) is 0 Å². The van der Waals surface area contributed by atoms with Crippen molar-refractivity contribution < 1.29 is 19.1 Å². The smallest absolute Gasteiger partial charge is 0.407 e. The van der Waals surface area contributed by atoms with Crippen LogP contribution in [0.5, 0.6) is 0 Å². The Morgan fingerprint density at radius 2 is 1.35 bits per heavy atom. The van der Waals surface area contributed by atoms with Crippen molar-refractivity contribution in [2.45, 2.75) is 127 Å². The molecule has 2 aromatic heterocycles. The molecule has 0 unspecified atom stereocenters. The maximum atomic E-state index is 13.7. The van der Waals surface area contributed by atoms with Crippen LogP contribution in [0, 0.1) is 11.8 Å². The number of benzene rings is 1. The molecule has 3 N–H and O–H groups in total. The molecular weight excluding hydrogens is 681 g/mol. The molecule has 2 saturated heterocycles. The predicted octanol–water partition coefficient (Wildman–Crippen LogP) is 6.64. The second-order valence-corrected chi connectivity index (χ2v) is 17.4. The second-order valence-electron chi connectivity index (χ2n) is 17.4. The predicted molar refractivity (Wildman–Crippen MR) is 208 cm³/mol. The Balaban J connectivity index is 1.000. The van der Waals surface area contributed by atoms with Gasteiger partial charge in [-0.05, 0) is 107 Å². The molecular formula is C42H60N8O4. The standard InChI is InChI=1S/C42H60N8O4/c1-26(2)34(47-40(53)54-7)38(51)49-22-8-10-31(49)36-43-24-30(45-36)28-12-14-29(15-13-28)41-16-19-42(20-17-41,21-18-41)33-25-44-37(46-33)32-11-9-23-50(32)39(52)35(27(3)4)48(5)6/h12-15,24-27,31-32,34-35H,8-11,16-23H2,1-7H3,(H,43,45)(H,44,46)(H,47,53)/t31-,32-,34-,35-,41?,42?/m0/s1. The van der Waals surface area contributed by atoms with Gasteiger partial charge in [0.1, 0.15) is 17.7 Å². The number of aromatic nitrogens is 4. The molecule has 0 radical (unpaired) electrons. The van der Waals surface area contributed by atoms with Gasteiger partial charge in [0.2, 0.25) is 11.8 Å². The number of nitrogens with one attached hydrogen (secondary N) is 3. The van der Waals surface area contributed by atoms with Crippen LogP contribution in [0.3, 0.4) is 0 Å². The number of rotatable bonds is 11. The quantitative estimate of drug-likeness (QED) is 0.200. The Morgan fingerprint density at radius 1 is 0.796 bits per heavy atom. The number of hydrogen-bond acceptors (Lipinski definition) is 7. The lowest BCUT2D eigenvalue weighted by atomic mass is 9.51. The number of H-pyrrole nitrogens is 2. The Morgan fingerprint density at radius 3 is 1.91 bits per heavy atom. The molecule has 3 aromatic rings. The third-order valence-electron chi connectivity index (χ3n) is 13.4. The van der Waals surface area contributed by atoms with Crippen LogP contribution in [0.4, 0.5) is 4.79 Å². The highest BCUT2D eigenvalue weighted by Gasteiger charge is 2.51. The van der Waals surface area contributed by atoms with Gasteiger partial charge in [-0.2, -0.15) is 0 Å². The molecule has 2 bridgehead atoms. The highest BCUT2D eigenvalue weighted by molar-refractivity contribution is 5.86. The molecule has 0 spiro atoms. The molecule has 1 aromatic carbocycles. The van der Waals surface area contributed by atoms with Crippen molar-refractivity contribution in [3.8, 4) is 11.3 Å². The maximum absolute atomic E-state index is 13.7. The number of methoxy groups -OCH3 is 1. The molecule has 2 aliphatic heterocycles. The first-order valence-electron chi connectivity index (χ1n) is 20.2. The van der Waals surface area contributed by atoms with Crippen molar-refractivity contribution in [2.24, 2.45) is 11.8 Å². The van der Waals surface area contributed by atoms with Gasteiger partial charge >= 0.3 is 6.09 Å². The number of carbonyl (C=O) groups is 3. The molecule has 12 heteroatoms. The summed E-state index contributed by atoms with van der Waals surface area (Å²) in [6, 6.07) is 8.10. The number of aromatic amines is 2. The minimum absolute atomic E-state index is 0.0201. The minimum atomic E-state index is -0.660. The van der Waals surface area contributed by atoms with E-state index in [1.165, 1.54) is 18.4 Å². The van der Waals surface area contributed by atoms with Gasteiger partial charge in [-0.1, -0.05) is 52.0 Å². The lowest BCUT2D eigenvalue weighted by Crippen LogP contribution is -2.51. The Labute approximate surface area is 320 Å². The molecule has 5 aliphatic rings. The molecule has 54 heavy (non-hydrogen) atoms. The highest BCUT2D eigenvalue weighted by atomic mass is 16.5. The summed E-state index contributed by atoms with van der Waals surface area (Å²) in [5, 5.41) is 2.72. The summed E-state index contributed by atoms with van der Waals surface area (Å²) in [6.07, 6.45) is 13.9. The van der Waals surface area contributed by atoms with Gasteiger partial charge in [-0.25, -0.2) is 14.8 Å². The molecule has 4 atom stereocenters. The van der Waals surface area contributed by atoms with Gasteiger partial charge in [0.25, 0.3) is 0 Å². The first-order valence-corrected chi connectivity index (χ1v) is 20.2. The Bertz CT molecular complexity index is 1780. The van der Waals surface area contributed by atoms with Crippen LogP contribution in [-0.2, 0) is 25.2 Å². The first kappa shape index (κ1) is 38.1. The number of nitrogens with zero attached hydrogens (tertiary/aromatic N) is 5. The second kappa shape index (κ2) is 15.2. The monoisotopic (exact) mass is 740 g/mol. The number of fused-ring (bicyclic) bond motifs is 3. The van der Waals surface area contributed by atoms with Gasteiger partial charge in [0.15, 0.2) is 0 Å². The molecule has 5 fully saturated rings. The number of hydrogen-bond donors (Lipinski definition) is 3. The third kappa shape index (κ3) is 6.95. The zero-order valence-corrected chi connectivity index (χ0v) is 33.3. The summed E-state index contributed by atoms with van der Waals surface area (Å²) in [7, 11) is 5.31. The summed E-state index contributed by atoms with van der Waals surface area (Å²) >= 11 is 0. The Kier molecular flexibility index (Phi) is 10.7. The van der Waals surface area contributed by atoms with Crippen LogP contribution in [0.25, 0.3) is 11.3 Å². The van der Waals surface area contributed by atoms with Crippen molar-refractivity contribution in [1.82, 2.24) is 40.0 Å². The van der Waals surface area contributed by atoms with Crippen LogP contribution >= 0.6 is 0 Å². The summed E-state index contributed by atoms with van der Waals surface area (Å²) in [5.41, 5.74) is 4.99. The highest BCUT2D eigenvalue weighted by Crippen LogP contribution is 2.58. The summed E-state index contributed by atoms with van der Waals surface area (Å²) in [6.45, 7) is 9.52. The van der Waals surface area contributed by atoms with Crippen molar-refractivity contribution >= 4 is 17.9 Å². The number of likely N-dealkylation sites (N-methyl/N-ethyl adjacent to an activating group) is 1. The number of likely N-dealkylation sites (tertiary alicyclic amines) is 2. The van der Waals surface area contributed by atoms with Gasteiger partial charge in [0.05, 0.1) is 37.1 Å². The summed E-state index contributed by atoms with van der Waals surface area (Å²) < 4.78 is 4.78. The number of imidazole rings is 2. The van der Waals surface area contributed by atoms with Crippen LogP contribution < -0.4 is 5.32 Å². The van der Waals surface area contributed by atoms with Crippen LogP contribution in [0.2, 0.25) is 0 Å². The van der Waals surface area contributed by atoms with Gasteiger partial charge in [0, 0.05) is 30.4 Å². The van der Waals surface area contributed by atoms with E-state index in [0.717, 1.165) is 93.7 Å². The fourth-order valence-corrected chi connectivity index (χ4v) is 10.2. The number of alkyl carbamates (subject to hydrolysis) is 1. The molecule has 12 nitrogen and oxygen atoms in total. The molecule has 3 aliphatic carbocycles. The van der Waals surface area contributed by atoms with E-state index in [9.17, 15) is 14.4 Å². The van der Waals surface area contributed by atoms with Gasteiger partial charge < -0.3 is 29.8 Å². The zero-order chi connectivity index (χ0) is 38.4. The van der Waals surface area contributed by atoms with E-state index in [4.69, 9.17) is 14.7 Å². The van der Waals surface area contributed by atoms with Crippen LogP contribution in [0.1, 0.15) is 127 Å². The van der Waals surface area contributed by atoms with E-state index in [2.05, 4.69) is 69.4 Å². The van der Waals surface area contributed by atoms with E-state index in [0.29, 0.717) is 6.54 Å². The third-order valence-corrected chi connectivity index (χ3v) is 13.4. The number of amides is 3. The molecule has 292 valence electrons. The SMILES string of the molecule is COC(=O)N[C@H](C(=O)N1CCC[C@H]1c1ncc(-c2ccc(C34CCC(c5cnc([C@@H]6CCCN6C(=O)[C@H](C(C)C)N(C)C)[nH]5)(CC3)CC4)cc2)[nH]1)C(C)C. The van der Waals surface area contributed by atoms with E-state index < -0.39 is 12.1 Å². The fourth-order valence-electron chi connectivity index (χ4n) is 10.2. The number of ether oxygens (including phenoxy) is 1. The van der Waals surface area contributed by atoms with Gasteiger partial charge in [-0.3, -0.25) is 14.5 Å². The van der Waals surface area contributed by atoms with E-state index >= 15 is 0 Å². The van der Waals surface area contributed by atoms with Gasteiger partial charge in [-0.15, -0.1) is 0 Å². The van der Waals surface area contributed by atoms with Crippen LogP contribution in [0.15, 0.2) is 36.7 Å². The minimum Gasteiger partial charge on any atom is -0.453 e. The van der Waals surface area contributed by atoms with Crippen molar-refractivity contribution in [3.63, 3.8) is 0 Å². The molecule has 3 amide bonds. The summed E-state index contributed by atoms with van der Waals surface area (Å²) in [5.74, 6) is 2.00. The molecule has 3 saturated carbocycles. The normalized spacial score (nSPS) is 26.6.